The number of nitrogens with zero attached hydrogens (tertiary/aromatic N) is 5. The third-order valence-corrected chi connectivity index (χ3v) is 5.44. The number of benzene rings is 3. The van der Waals surface area contributed by atoms with Crippen molar-refractivity contribution in [1.82, 2.24) is 14.8 Å². The minimum Gasteiger partial charge on any atom is -0.378 e. The van der Waals surface area contributed by atoms with E-state index in [9.17, 15) is 14.9 Å². The van der Waals surface area contributed by atoms with Gasteiger partial charge >= 0.3 is 0 Å². The van der Waals surface area contributed by atoms with Gasteiger partial charge in [0.1, 0.15) is 5.02 Å². The lowest BCUT2D eigenvalue weighted by Crippen LogP contribution is -2.18. The number of hydrogen-bond donors (Lipinski definition) is 1. The second-order valence-corrected chi connectivity index (χ2v) is 8.09. The van der Waals surface area contributed by atoms with Crippen molar-refractivity contribution in [2.24, 2.45) is 0 Å². The minimum atomic E-state index is -0.633. The summed E-state index contributed by atoms with van der Waals surface area (Å²) in [5.41, 5.74) is 2.49. The standard InChI is InChI=1S/C24H21ClN6O3/c1-29(2)19-11-8-16(9-12-19)15-26-24-27-22(17-6-4-3-5-7-17)28-30(24)23(32)18-10-13-20(25)21(14-18)31(33)34/h3-14H,15H2,1-2H3,(H,26,27,28). The normalized spacial score (nSPS) is 10.7. The number of hydrogen-bond acceptors (Lipinski definition) is 7. The third kappa shape index (κ3) is 4.89. The fraction of sp³-hybridized carbons (Fsp3) is 0.125. The van der Waals surface area contributed by atoms with Crippen LogP contribution >= 0.6 is 11.6 Å². The van der Waals surface area contributed by atoms with Crippen molar-refractivity contribution >= 4 is 34.8 Å². The van der Waals surface area contributed by atoms with Crippen molar-refractivity contribution in [3.05, 3.63) is 99.1 Å². The van der Waals surface area contributed by atoms with Crippen LogP contribution in [0.3, 0.4) is 0 Å². The Labute approximate surface area is 200 Å². The van der Waals surface area contributed by atoms with Crippen molar-refractivity contribution in [1.29, 1.82) is 0 Å². The zero-order chi connectivity index (χ0) is 24.2. The summed E-state index contributed by atoms with van der Waals surface area (Å²) in [6.45, 7) is 0.397. The molecular formula is C24H21ClN6O3. The number of carbonyl (C=O) groups is 1. The Morgan fingerprint density at radius 1 is 1.09 bits per heavy atom. The highest BCUT2D eigenvalue weighted by molar-refractivity contribution is 6.32. The van der Waals surface area contributed by atoms with E-state index in [1.165, 1.54) is 12.1 Å². The van der Waals surface area contributed by atoms with Crippen LogP contribution in [-0.4, -0.2) is 39.7 Å². The zero-order valence-corrected chi connectivity index (χ0v) is 19.2. The number of nitro groups is 1. The van der Waals surface area contributed by atoms with E-state index in [0.29, 0.717) is 12.4 Å². The van der Waals surface area contributed by atoms with Crippen molar-refractivity contribution in [3.8, 4) is 11.4 Å². The van der Waals surface area contributed by atoms with Gasteiger partial charge in [-0.25, -0.2) is 0 Å². The van der Waals surface area contributed by atoms with E-state index in [4.69, 9.17) is 11.6 Å². The molecule has 1 heterocycles. The van der Waals surface area contributed by atoms with Gasteiger partial charge in [0.25, 0.3) is 11.6 Å². The first-order valence-electron chi connectivity index (χ1n) is 10.3. The molecule has 0 amide bonds. The lowest BCUT2D eigenvalue weighted by Gasteiger charge is -2.13. The largest absolute Gasteiger partial charge is 0.378 e. The molecule has 0 bridgehead atoms. The number of aromatic nitrogens is 3. The molecule has 0 radical (unpaired) electrons. The Hall–Kier alpha value is -4.24. The van der Waals surface area contributed by atoms with Gasteiger partial charge in [-0.15, -0.1) is 5.10 Å². The molecule has 172 valence electrons. The van der Waals surface area contributed by atoms with E-state index in [1.54, 1.807) is 0 Å². The highest BCUT2D eigenvalue weighted by Gasteiger charge is 2.22. The van der Waals surface area contributed by atoms with Gasteiger partial charge in [0, 0.05) is 43.5 Å². The lowest BCUT2D eigenvalue weighted by atomic mass is 10.2. The number of nitrogens with one attached hydrogen (secondary N) is 1. The Balaban J connectivity index is 1.68. The molecule has 0 saturated heterocycles. The Morgan fingerprint density at radius 2 is 1.79 bits per heavy atom. The van der Waals surface area contributed by atoms with Gasteiger partial charge in [-0.2, -0.15) is 9.67 Å². The summed E-state index contributed by atoms with van der Waals surface area (Å²) in [7, 11) is 3.93. The molecule has 1 N–H and O–H groups in total. The molecule has 0 unspecified atom stereocenters. The van der Waals surface area contributed by atoms with E-state index in [-0.39, 0.29) is 22.2 Å². The molecule has 0 saturated carbocycles. The molecule has 0 aliphatic rings. The first-order valence-corrected chi connectivity index (χ1v) is 10.7. The summed E-state index contributed by atoms with van der Waals surface area (Å²) < 4.78 is 1.11. The van der Waals surface area contributed by atoms with Crippen molar-refractivity contribution in [3.63, 3.8) is 0 Å². The smallest absolute Gasteiger partial charge is 0.288 e. The van der Waals surface area contributed by atoms with Crippen molar-refractivity contribution < 1.29 is 9.72 Å². The van der Waals surface area contributed by atoms with E-state index in [1.807, 2.05) is 73.6 Å². The van der Waals surface area contributed by atoms with Crippen LogP contribution < -0.4 is 10.2 Å². The molecule has 4 aromatic rings. The van der Waals surface area contributed by atoms with E-state index in [0.717, 1.165) is 27.6 Å². The monoisotopic (exact) mass is 476 g/mol. The first kappa shape index (κ1) is 22.9. The van der Waals surface area contributed by atoms with E-state index < -0.39 is 10.8 Å². The molecule has 9 nitrogen and oxygen atoms in total. The summed E-state index contributed by atoms with van der Waals surface area (Å²) in [5.74, 6) is 0.000847. The summed E-state index contributed by atoms with van der Waals surface area (Å²) in [6, 6.07) is 21.1. The summed E-state index contributed by atoms with van der Waals surface area (Å²) >= 11 is 5.90. The predicted molar refractivity (Wildman–Crippen MR) is 131 cm³/mol. The molecule has 0 spiro atoms. The van der Waals surface area contributed by atoms with Crippen LogP contribution in [-0.2, 0) is 6.54 Å². The average Bonchev–Trinajstić information content (AvgIpc) is 3.27. The fourth-order valence-electron chi connectivity index (χ4n) is 3.28. The van der Waals surface area contributed by atoms with Crippen LogP contribution in [0, 0.1) is 10.1 Å². The van der Waals surface area contributed by atoms with E-state index >= 15 is 0 Å². The molecule has 0 aliphatic carbocycles. The summed E-state index contributed by atoms with van der Waals surface area (Å²) in [5, 5.41) is 18.8. The zero-order valence-electron chi connectivity index (χ0n) is 18.5. The van der Waals surface area contributed by atoms with Crippen LogP contribution in [0.2, 0.25) is 5.02 Å². The Morgan fingerprint density at radius 3 is 2.44 bits per heavy atom. The van der Waals surface area contributed by atoms with Gasteiger partial charge < -0.3 is 10.2 Å². The number of anilines is 2. The van der Waals surface area contributed by atoms with E-state index in [2.05, 4.69) is 15.4 Å². The Kier molecular flexibility index (Phi) is 6.55. The molecule has 0 fully saturated rings. The second-order valence-electron chi connectivity index (χ2n) is 7.68. The highest BCUT2D eigenvalue weighted by atomic mass is 35.5. The number of carbonyl (C=O) groups excluding carboxylic acids is 1. The van der Waals surface area contributed by atoms with Gasteiger partial charge in [0.05, 0.1) is 4.92 Å². The molecule has 0 aliphatic heterocycles. The number of rotatable bonds is 7. The maximum absolute atomic E-state index is 13.3. The predicted octanol–water partition coefficient (Wildman–Crippen LogP) is 4.87. The minimum absolute atomic E-state index is 0.0513. The highest BCUT2D eigenvalue weighted by Crippen LogP contribution is 2.26. The first-order chi connectivity index (χ1) is 16.3. The van der Waals surface area contributed by atoms with Gasteiger partial charge in [0.2, 0.25) is 5.95 Å². The number of nitro benzene ring substituents is 1. The molecule has 0 atom stereocenters. The average molecular weight is 477 g/mol. The van der Waals surface area contributed by atoms with Crippen LogP contribution in [0.15, 0.2) is 72.8 Å². The molecule has 34 heavy (non-hydrogen) atoms. The molecule has 4 rings (SSSR count). The fourth-order valence-corrected chi connectivity index (χ4v) is 3.47. The van der Waals surface area contributed by atoms with Crippen LogP contribution in [0.1, 0.15) is 15.9 Å². The maximum Gasteiger partial charge on any atom is 0.288 e. The van der Waals surface area contributed by atoms with Gasteiger partial charge in [-0.3, -0.25) is 14.9 Å². The van der Waals surface area contributed by atoms with Crippen molar-refractivity contribution in [2.45, 2.75) is 6.54 Å². The molecule has 10 heteroatoms. The van der Waals surface area contributed by atoms with Crippen LogP contribution in [0.4, 0.5) is 17.3 Å². The molecular weight excluding hydrogens is 456 g/mol. The topological polar surface area (TPSA) is 106 Å². The van der Waals surface area contributed by atoms with Crippen molar-refractivity contribution in [2.75, 3.05) is 24.3 Å². The quantitative estimate of drug-likeness (QED) is 0.299. The summed E-state index contributed by atoms with van der Waals surface area (Å²) in [6.07, 6.45) is 0. The SMILES string of the molecule is CN(C)c1ccc(CNc2nc(-c3ccccc3)nn2C(=O)c2ccc(Cl)c([N+](=O)[O-])c2)cc1. The summed E-state index contributed by atoms with van der Waals surface area (Å²) in [4.78, 5) is 30.4. The van der Waals surface area contributed by atoms with Crippen LogP contribution in [0.25, 0.3) is 11.4 Å². The third-order valence-electron chi connectivity index (χ3n) is 5.12. The van der Waals surface area contributed by atoms with Gasteiger partial charge in [-0.1, -0.05) is 54.1 Å². The lowest BCUT2D eigenvalue weighted by molar-refractivity contribution is -0.384. The second kappa shape index (κ2) is 9.72. The Bertz CT molecular complexity index is 1340. The van der Waals surface area contributed by atoms with Crippen LogP contribution in [0.5, 0.6) is 0 Å². The molecule has 1 aromatic heterocycles. The van der Waals surface area contributed by atoms with Gasteiger partial charge in [-0.05, 0) is 29.8 Å². The molecule has 3 aromatic carbocycles. The number of halogens is 1. The maximum atomic E-state index is 13.3. The van der Waals surface area contributed by atoms with Gasteiger partial charge in [0.15, 0.2) is 5.82 Å².